The van der Waals surface area contributed by atoms with Crippen molar-refractivity contribution in [2.24, 2.45) is 5.92 Å². The van der Waals surface area contributed by atoms with Gasteiger partial charge in [-0.15, -0.1) is 0 Å². The van der Waals surface area contributed by atoms with E-state index in [4.69, 9.17) is 27.9 Å². The Bertz CT molecular complexity index is 1680. The molecule has 8 nitrogen and oxygen atoms in total. The normalized spacial score (nSPS) is 22.6. The summed E-state index contributed by atoms with van der Waals surface area (Å²) in [6.07, 6.45) is 0.372. The lowest BCUT2D eigenvalue weighted by atomic mass is 9.89. The highest BCUT2D eigenvalue weighted by atomic mass is 35.5. The van der Waals surface area contributed by atoms with E-state index in [0.717, 1.165) is 17.1 Å². The smallest absolute Gasteiger partial charge is 0.253 e. The van der Waals surface area contributed by atoms with Gasteiger partial charge in [-0.3, -0.25) is 13.9 Å². The second-order valence-electron chi connectivity index (χ2n) is 11.9. The topological polar surface area (TPSA) is 96.0 Å². The fraction of sp³-hybridized carbons (Fsp3) is 0.394. The molecular weight excluding hydrogens is 640 g/mol. The minimum Gasteiger partial charge on any atom is -0.359 e. The fourth-order valence-corrected chi connectivity index (χ4v) is 8.33. The molecule has 3 aliphatic rings. The standard InChI is InChI=1S/C33H34Cl2FN3O5S/c1-37-30(40)18-29-33(41)39(31(21-11-13-23(34)14-12-21)32(44-29)22-5-4-6-24(35)17-22)28(20-9-10-20)19-38(45(42,43)25-15-16-25)27-8-3-2-7-26(27)36/h2-8,11-14,17,20,25,28-29,31-32H,9-10,15-16,18-19H2,1H3,(H,37,40). The summed E-state index contributed by atoms with van der Waals surface area (Å²) < 4.78 is 50.7. The summed E-state index contributed by atoms with van der Waals surface area (Å²) in [4.78, 5) is 28.9. The molecule has 2 aliphatic carbocycles. The summed E-state index contributed by atoms with van der Waals surface area (Å²) >= 11 is 12.7. The third-order valence-corrected chi connectivity index (χ3v) is 11.5. The van der Waals surface area contributed by atoms with Crippen LogP contribution in [-0.4, -0.2) is 56.1 Å². The molecule has 12 heteroatoms. The molecule has 238 valence electrons. The van der Waals surface area contributed by atoms with Gasteiger partial charge in [0.15, 0.2) is 0 Å². The predicted molar refractivity (Wildman–Crippen MR) is 171 cm³/mol. The Hall–Kier alpha value is -3.18. The minimum absolute atomic E-state index is 0.0490. The first-order chi connectivity index (χ1) is 21.6. The van der Waals surface area contributed by atoms with Crippen molar-refractivity contribution in [1.82, 2.24) is 10.2 Å². The van der Waals surface area contributed by atoms with Crippen molar-refractivity contribution in [2.75, 3.05) is 17.9 Å². The molecule has 3 fully saturated rings. The van der Waals surface area contributed by atoms with Crippen molar-refractivity contribution in [1.29, 1.82) is 0 Å². The summed E-state index contributed by atoms with van der Waals surface area (Å²) in [6, 6.07) is 18.6. The molecule has 0 spiro atoms. The highest BCUT2D eigenvalue weighted by Crippen LogP contribution is 2.49. The summed E-state index contributed by atoms with van der Waals surface area (Å²) in [5, 5.41) is 2.94. The molecular formula is C33H34Cl2FN3O5S. The van der Waals surface area contributed by atoms with Gasteiger partial charge in [-0.25, -0.2) is 12.8 Å². The minimum atomic E-state index is -3.93. The second kappa shape index (κ2) is 12.9. The van der Waals surface area contributed by atoms with Crippen molar-refractivity contribution in [3.8, 4) is 0 Å². The van der Waals surface area contributed by atoms with E-state index >= 15 is 4.39 Å². The number of nitrogens with zero attached hydrogens (tertiary/aromatic N) is 2. The van der Waals surface area contributed by atoms with E-state index in [-0.39, 0.29) is 30.5 Å². The van der Waals surface area contributed by atoms with Crippen LogP contribution >= 0.6 is 23.2 Å². The number of anilines is 1. The van der Waals surface area contributed by atoms with Crippen LogP contribution in [0.1, 0.15) is 55.4 Å². The molecule has 45 heavy (non-hydrogen) atoms. The molecule has 0 radical (unpaired) electrons. The largest absolute Gasteiger partial charge is 0.359 e. The van der Waals surface area contributed by atoms with E-state index in [1.165, 1.54) is 25.2 Å². The van der Waals surface area contributed by atoms with Crippen LogP contribution < -0.4 is 9.62 Å². The molecule has 1 heterocycles. The van der Waals surface area contributed by atoms with Crippen LogP contribution in [0.5, 0.6) is 0 Å². The molecule has 2 amide bonds. The number of halogens is 3. The van der Waals surface area contributed by atoms with Gasteiger partial charge in [0.2, 0.25) is 15.9 Å². The average molecular weight is 675 g/mol. The maximum absolute atomic E-state index is 15.3. The van der Waals surface area contributed by atoms with Crippen molar-refractivity contribution in [3.05, 3.63) is 99.8 Å². The van der Waals surface area contributed by atoms with E-state index in [0.29, 0.717) is 34.0 Å². The van der Waals surface area contributed by atoms with E-state index in [1.807, 2.05) is 18.2 Å². The van der Waals surface area contributed by atoms with E-state index in [2.05, 4.69) is 5.32 Å². The maximum Gasteiger partial charge on any atom is 0.253 e. The molecule has 1 saturated heterocycles. The third-order valence-electron chi connectivity index (χ3n) is 8.72. The number of carbonyl (C=O) groups excluding carboxylic acids is 2. The van der Waals surface area contributed by atoms with E-state index < -0.39 is 51.3 Å². The number of para-hydroxylation sites is 1. The zero-order valence-corrected chi connectivity index (χ0v) is 26.9. The van der Waals surface area contributed by atoms with E-state index in [9.17, 15) is 18.0 Å². The molecule has 6 rings (SSSR count). The average Bonchev–Trinajstić information content (AvgIpc) is 3.93. The number of sulfonamides is 1. The zero-order valence-electron chi connectivity index (χ0n) is 24.6. The molecule has 2 saturated carbocycles. The van der Waals surface area contributed by atoms with Crippen LogP contribution in [0.2, 0.25) is 10.0 Å². The molecule has 4 unspecified atom stereocenters. The number of nitrogens with one attached hydrogen (secondary N) is 1. The lowest BCUT2D eigenvalue weighted by molar-refractivity contribution is -0.181. The number of carbonyl (C=O) groups is 2. The van der Waals surface area contributed by atoms with Crippen LogP contribution in [0.4, 0.5) is 10.1 Å². The Morgan fingerprint density at radius 2 is 1.71 bits per heavy atom. The third kappa shape index (κ3) is 6.70. The van der Waals surface area contributed by atoms with Crippen LogP contribution in [0.25, 0.3) is 0 Å². The molecule has 0 bridgehead atoms. The number of benzene rings is 3. The van der Waals surface area contributed by atoms with Crippen molar-refractivity contribution in [2.45, 2.75) is 61.6 Å². The second-order valence-corrected chi connectivity index (χ2v) is 14.9. The number of amides is 2. The number of morpholine rings is 1. The highest BCUT2D eigenvalue weighted by Gasteiger charge is 2.52. The van der Waals surface area contributed by atoms with Gasteiger partial charge in [-0.05, 0) is 79.1 Å². The van der Waals surface area contributed by atoms with Gasteiger partial charge in [0.1, 0.15) is 18.0 Å². The first-order valence-electron chi connectivity index (χ1n) is 15.0. The summed E-state index contributed by atoms with van der Waals surface area (Å²) in [7, 11) is -2.44. The molecule has 3 aromatic carbocycles. The number of hydrogen-bond acceptors (Lipinski definition) is 5. The maximum atomic E-state index is 15.3. The van der Waals surface area contributed by atoms with Crippen LogP contribution in [0.15, 0.2) is 72.8 Å². The quantitative estimate of drug-likeness (QED) is 0.267. The summed E-state index contributed by atoms with van der Waals surface area (Å²) in [5.41, 5.74) is 1.35. The molecule has 1 N–H and O–H groups in total. The first kappa shape index (κ1) is 31.8. The van der Waals surface area contributed by atoms with Crippen molar-refractivity contribution < 1.29 is 27.1 Å². The Kier molecular flexibility index (Phi) is 9.12. The summed E-state index contributed by atoms with van der Waals surface area (Å²) in [6.45, 7) is -0.144. The monoisotopic (exact) mass is 673 g/mol. The zero-order chi connectivity index (χ0) is 31.9. The SMILES string of the molecule is CNC(=O)CC1OC(c2cccc(Cl)c2)C(c2ccc(Cl)cc2)N(C(CN(c2ccccc2F)S(=O)(=O)C2CC2)C2CC2)C1=O. The Labute approximate surface area is 272 Å². The van der Waals surface area contributed by atoms with Crippen LogP contribution in [0, 0.1) is 11.7 Å². The first-order valence-corrected chi connectivity index (χ1v) is 17.3. The number of rotatable bonds is 11. The number of ether oxygens (including phenoxy) is 1. The van der Waals surface area contributed by atoms with Crippen LogP contribution in [0.3, 0.4) is 0 Å². The highest BCUT2D eigenvalue weighted by molar-refractivity contribution is 7.93. The molecule has 0 aromatic heterocycles. The molecule has 3 aromatic rings. The van der Waals surface area contributed by atoms with Gasteiger partial charge < -0.3 is 15.0 Å². The predicted octanol–water partition coefficient (Wildman–Crippen LogP) is 6.06. The Morgan fingerprint density at radius 3 is 2.33 bits per heavy atom. The van der Waals surface area contributed by atoms with Gasteiger partial charge in [-0.1, -0.05) is 59.6 Å². The van der Waals surface area contributed by atoms with Gasteiger partial charge in [0.05, 0.1) is 36.0 Å². The Morgan fingerprint density at radius 1 is 1.00 bits per heavy atom. The summed E-state index contributed by atoms with van der Waals surface area (Å²) in [5.74, 6) is -1.53. The molecule has 1 aliphatic heterocycles. The van der Waals surface area contributed by atoms with Crippen molar-refractivity contribution >= 4 is 50.7 Å². The van der Waals surface area contributed by atoms with Gasteiger partial charge in [0.25, 0.3) is 5.91 Å². The number of hydrogen-bond donors (Lipinski definition) is 1. The lowest BCUT2D eigenvalue weighted by Crippen LogP contribution is -2.59. The fourth-order valence-electron chi connectivity index (χ4n) is 6.13. The van der Waals surface area contributed by atoms with Gasteiger partial charge in [0, 0.05) is 17.1 Å². The van der Waals surface area contributed by atoms with Crippen LogP contribution in [-0.2, 0) is 24.3 Å². The lowest BCUT2D eigenvalue weighted by Gasteiger charge is -2.49. The Balaban J connectivity index is 1.50. The van der Waals surface area contributed by atoms with Crippen molar-refractivity contribution in [3.63, 3.8) is 0 Å². The van der Waals surface area contributed by atoms with Gasteiger partial charge >= 0.3 is 0 Å². The van der Waals surface area contributed by atoms with E-state index in [1.54, 1.807) is 41.3 Å². The molecule has 4 atom stereocenters. The van der Waals surface area contributed by atoms with Gasteiger partial charge in [-0.2, -0.15) is 0 Å².